The number of rotatable bonds is 1. The normalized spacial score (nSPS) is 14.2. The summed E-state index contributed by atoms with van der Waals surface area (Å²) in [6.07, 6.45) is 0.470. The number of benzene rings is 1. The van der Waals surface area contributed by atoms with Crippen LogP contribution in [0.25, 0.3) is 11.3 Å². The number of amides is 1. The van der Waals surface area contributed by atoms with E-state index in [0.29, 0.717) is 10.9 Å². The van der Waals surface area contributed by atoms with Gasteiger partial charge in [0.05, 0.1) is 12.1 Å². The minimum atomic E-state index is 0.133. The van der Waals surface area contributed by atoms with Crippen LogP contribution >= 0.6 is 22.9 Å². The Hall–Kier alpha value is -1.39. The molecule has 2 aromatic rings. The average molecular weight is 265 g/mol. The van der Waals surface area contributed by atoms with Crippen molar-refractivity contribution in [3.63, 3.8) is 0 Å². The van der Waals surface area contributed by atoms with Crippen LogP contribution in [-0.4, -0.2) is 17.9 Å². The van der Waals surface area contributed by atoms with Crippen LogP contribution in [0.1, 0.15) is 5.56 Å². The fourth-order valence-corrected chi connectivity index (χ4v) is 2.79. The molecule has 1 aromatic heterocycles. The van der Waals surface area contributed by atoms with Gasteiger partial charge in [0.25, 0.3) is 0 Å². The third-order valence-electron chi connectivity index (χ3n) is 2.93. The van der Waals surface area contributed by atoms with E-state index in [9.17, 15) is 4.79 Å². The molecule has 1 aromatic carbocycles. The number of hydrogen-bond acceptors (Lipinski definition) is 3. The second kappa shape index (κ2) is 3.82. The van der Waals surface area contributed by atoms with Gasteiger partial charge in [-0.3, -0.25) is 4.79 Å². The number of carbonyl (C=O) groups is 1. The van der Waals surface area contributed by atoms with Crippen molar-refractivity contribution < 1.29 is 4.79 Å². The Bertz CT molecular complexity index is 608. The molecule has 0 atom stereocenters. The topological polar surface area (TPSA) is 33.2 Å². The van der Waals surface area contributed by atoms with Crippen LogP contribution < -0.4 is 4.90 Å². The van der Waals surface area contributed by atoms with Crippen LogP contribution in [0.4, 0.5) is 5.69 Å². The largest absolute Gasteiger partial charge is 0.315 e. The van der Waals surface area contributed by atoms with Crippen molar-refractivity contribution in [1.82, 2.24) is 4.98 Å². The molecule has 0 unspecified atom stereocenters. The van der Waals surface area contributed by atoms with Gasteiger partial charge >= 0.3 is 0 Å². The monoisotopic (exact) mass is 264 g/mol. The molecular formula is C12H9ClN2OS. The molecule has 2 heterocycles. The zero-order valence-electron chi connectivity index (χ0n) is 9.11. The standard InChI is InChI=1S/C12H9ClN2OS/c1-15-10-3-2-7(4-8(10)5-11(15)16)9-6-17-12(13)14-9/h2-4,6H,5H2,1H3. The molecule has 5 heteroatoms. The van der Waals surface area contributed by atoms with Crippen molar-refractivity contribution in [2.75, 3.05) is 11.9 Å². The van der Waals surface area contributed by atoms with Crippen molar-refractivity contribution >= 4 is 34.5 Å². The summed E-state index contributed by atoms with van der Waals surface area (Å²) in [4.78, 5) is 17.5. The molecule has 3 rings (SSSR count). The summed E-state index contributed by atoms with van der Waals surface area (Å²) < 4.78 is 0.536. The van der Waals surface area contributed by atoms with Gasteiger partial charge in [-0.1, -0.05) is 17.7 Å². The molecule has 3 nitrogen and oxygen atoms in total. The predicted octanol–water partition coefficient (Wildman–Crippen LogP) is 2.98. The van der Waals surface area contributed by atoms with E-state index in [4.69, 9.17) is 11.6 Å². The molecule has 0 radical (unpaired) electrons. The minimum Gasteiger partial charge on any atom is -0.315 e. The smallest absolute Gasteiger partial charge is 0.231 e. The molecule has 1 aliphatic rings. The van der Waals surface area contributed by atoms with Gasteiger partial charge in [-0.15, -0.1) is 11.3 Å². The van der Waals surface area contributed by atoms with Crippen molar-refractivity contribution in [2.24, 2.45) is 0 Å². The van der Waals surface area contributed by atoms with Crippen molar-refractivity contribution in [1.29, 1.82) is 0 Å². The van der Waals surface area contributed by atoms with E-state index in [1.165, 1.54) is 11.3 Å². The summed E-state index contributed by atoms with van der Waals surface area (Å²) >= 11 is 7.23. The number of hydrogen-bond donors (Lipinski definition) is 0. The molecule has 0 saturated carbocycles. The van der Waals surface area contributed by atoms with Crippen LogP contribution in [0.5, 0.6) is 0 Å². The third-order valence-corrected chi connectivity index (χ3v) is 3.91. The number of thiazole rings is 1. The first-order valence-electron chi connectivity index (χ1n) is 5.16. The van der Waals surface area contributed by atoms with Gasteiger partial charge < -0.3 is 4.90 Å². The number of nitrogens with zero attached hydrogens (tertiary/aromatic N) is 2. The number of carbonyl (C=O) groups excluding carboxylic acids is 1. The van der Waals surface area contributed by atoms with Gasteiger partial charge in [0.15, 0.2) is 4.47 Å². The summed E-state index contributed by atoms with van der Waals surface area (Å²) in [5.74, 6) is 0.133. The molecule has 0 spiro atoms. The molecule has 0 fully saturated rings. The number of fused-ring (bicyclic) bond motifs is 1. The highest BCUT2D eigenvalue weighted by molar-refractivity contribution is 7.14. The Labute approximate surface area is 108 Å². The van der Waals surface area contributed by atoms with Crippen LogP contribution in [0.15, 0.2) is 23.6 Å². The second-order valence-electron chi connectivity index (χ2n) is 3.96. The lowest BCUT2D eigenvalue weighted by Gasteiger charge is -2.09. The highest BCUT2D eigenvalue weighted by Crippen LogP contribution is 2.32. The molecule has 0 aliphatic carbocycles. The maximum absolute atomic E-state index is 11.6. The maximum Gasteiger partial charge on any atom is 0.231 e. The van der Waals surface area contributed by atoms with E-state index >= 15 is 0 Å². The molecule has 86 valence electrons. The first kappa shape index (κ1) is 10.7. The SMILES string of the molecule is CN1C(=O)Cc2cc(-c3csc(Cl)n3)ccc21. The fraction of sp³-hybridized carbons (Fsp3) is 0.167. The number of anilines is 1. The molecule has 0 saturated heterocycles. The van der Waals surface area contributed by atoms with Gasteiger partial charge in [-0.25, -0.2) is 4.98 Å². The summed E-state index contributed by atoms with van der Waals surface area (Å²) in [6.45, 7) is 0. The lowest BCUT2D eigenvalue weighted by atomic mass is 10.1. The average Bonchev–Trinajstić information content (AvgIpc) is 2.85. The number of halogens is 1. The van der Waals surface area contributed by atoms with Crippen LogP contribution in [-0.2, 0) is 11.2 Å². The van der Waals surface area contributed by atoms with Crippen LogP contribution in [0.2, 0.25) is 4.47 Å². The molecular weight excluding hydrogens is 256 g/mol. The second-order valence-corrected chi connectivity index (χ2v) is 5.40. The van der Waals surface area contributed by atoms with Gasteiger partial charge in [0.1, 0.15) is 0 Å². The summed E-state index contributed by atoms with van der Waals surface area (Å²) in [5.41, 5.74) is 3.92. The Morgan fingerprint density at radius 3 is 3.00 bits per heavy atom. The van der Waals surface area contributed by atoms with Gasteiger partial charge in [0, 0.05) is 23.7 Å². The van der Waals surface area contributed by atoms with E-state index in [1.807, 2.05) is 23.6 Å². The number of likely N-dealkylation sites (N-methyl/N-ethyl adjacent to an activating group) is 1. The Morgan fingerprint density at radius 2 is 2.29 bits per heavy atom. The van der Waals surface area contributed by atoms with Crippen molar-refractivity contribution in [2.45, 2.75) is 6.42 Å². The maximum atomic E-state index is 11.6. The van der Waals surface area contributed by atoms with Gasteiger partial charge in [-0.05, 0) is 17.7 Å². The molecule has 1 amide bonds. The van der Waals surface area contributed by atoms with E-state index in [-0.39, 0.29) is 5.91 Å². The highest BCUT2D eigenvalue weighted by atomic mass is 35.5. The van der Waals surface area contributed by atoms with Crippen molar-refractivity contribution in [3.8, 4) is 11.3 Å². The molecule has 1 aliphatic heterocycles. The zero-order valence-corrected chi connectivity index (χ0v) is 10.7. The van der Waals surface area contributed by atoms with E-state index < -0.39 is 0 Å². The Morgan fingerprint density at radius 1 is 1.47 bits per heavy atom. The van der Waals surface area contributed by atoms with Crippen LogP contribution in [0.3, 0.4) is 0 Å². The lowest BCUT2D eigenvalue weighted by Crippen LogP contribution is -2.20. The molecule has 0 N–H and O–H groups in total. The lowest BCUT2D eigenvalue weighted by molar-refractivity contribution is -0.117. The fourth-order valence-electron chi connectivity index (χ4n) is 2.01. The van der Waals surface area contributed by atoms with Crippen molar-refractivity contribution in [3.05, 3.63) is 33.6 Å². The summed E-state index contributed by atoms with van der Waals surface area (Å²) in [6, 6.07) is 5.95. The predicted molar refractivity (Wildman–Crippen MR) is 69.7 cm³/mol. The zero-order chi connectivity index (χ0) is 12.0. The molecule has 17 heavy (non-hydrogen) atoms. The van der Waals surface area contributed by atoms with Crippen LogP contribution in [0, 0.1) is 0 Å². The van der Waals surface area contributed by atoms with Gasteiger partial charge in [-0.2, -0.15) is 0 Å². The van der Waals surface area contributed by atoms with E-state index in [1.54, 1.807) is 11.9 Å². The van der Waals surface area contributed by atoms with Gasteiger partial charge in [0.2, 0.25) is 5.91 Å². The summed E-state index contributed by atoms with van der Waals surface area (Å²) in [7, 11) is 1.80. The van der Waals surface area contributed by atoms with E-state index in [0.717, 1.165) is 22.5 Å². The Kier molecular flexibility index (Phi) is 2.42. The third kappa shape index (κ3) is 1.73. The minimum absolute atomic E-state index is 0.133. The summed E-state index contributed by atoms with van der Waals surface area (Å²) in [5, 5.41) is 1.92. The highest BCUT2D eigenvalue weighted by Gasteiger charge is 2.24. The first-order chi connectivity index (χ1) is 8.15. The quantitative estimate of drug-likeness (QED) is 0.793. The molecule has 0 bridgehead atoms. The van der Waals surface area contributed by atoms with E-state index in [2.05, 4.69) is 4.98 Å². The Balaban J connectivity index is 2.06. The first-order valence-corrected chi connectivity index (χ1v) is 6.42. The number of aromatic nitrogens is 1.